The van der Waals surface area contributed by atoms with Crippen molar-refractivity contribution in [2.45, 2.75) is 20.8 Å². The maximum absolute atomic E-state index is 13.4. The van der Waals surface area contributed by atoms with Gasteiger partial charge in [-0.3, -0.25) is 10.2 Å². The molecular formula is C31H23N3O6. The van der Waals surface area contributed by atoms with Crippen molar-refractivity contribution in [3.8, 4) is 5.75 Å². The second kappa shape index (κ2) is 9.39. The van der Waals surface area contributed by atoms with Crippen LogP contribution in [0.15, 0.2) is 95.8 Å². The third-order valence-corrected chi connectivity index (χ3v) is 6.77. The normalized spacial score (nSPS) is 14.6. The van der Waals surface area contributed by atoms with Crippen LogP contribution in [0.3, 0.4) is 0 Å². The highest BCUT2D eigenvalue weighted by Crippen LogP contribution is 2.32. The van der Waals surface area contributed by atoms with Crippen LogP contribution in [-0.4, -0.2) is 16.8 Å². The summed E-state index contributed by atoms with van der Waals surface area (Å²) < 4.78 is 10.8. The molecule has 0 fully saturated rings. The number of hydrogen-bond acceptors (Lipinski definition) is 8. The summed E-state index contributed by atoms with van der Waals surface area (Å²) in [5.74, 6) is -0.514. The van der Waals surface area contributed by atoms with Crippen LogP contribution < -0.4 is 21.7 Å². The minimum atomic E-state index is -0.796. The fraction of sp³-hybridized carbons (Fsp3) is 0.0968. The first kappa shape index (κ1) is 24.9. The number of rotatable bonds is 3. The summed E-state index contributed by atoms with van der Waals surface area (Å²) in [6.45, 7) is 5.49. The third kappa shape index (κ3) is 4.23. The van der Waals surface area contributed by atoms with Gasteiger partial charge in [-0.25, -0.2) is 19.6 Å². The molecule has 0 unspecified atom stereocenters. The highest BCUT2D eigenvalue weighted by Gasteiger charge is 2.29. The molecule has 0 spiro atoms. The van der Waals surface area contributed by atoms with E-state index in [1.54, 1.807) is 29.3 Å². The lowest BCUT2D eigenvalue weighted by Crippen LogP contribution is -2.51. The molecule has 0 radical (unpaired) electrons. The lowest BCUT2D eigenvalue weighted by Gasteiger charge is -2.31. The average Bonchev–Trinajstić information content (AvgIpc) is 2.92. The fourth-order valence-corrected chi connectivity index (χ4v) is 4.75. The molecule has 0 atom stereocenters. The Hall–Kier alpha value is -5.44. The molecule has 1 amide bonds. The number of aliphatic imine (C=N–C) groups is 1. The summed E-state index contributed by atoms with van der Waals surface area (Å²) in [6.07, 6.45) is 1.23. The summed E-state index contributed by atoms with van der Waals surface area (Å²) in [5, 5.41) is 13.6. The van der Waals surface area contributed by atoms with Gasteiger partial charge in [0.25, 0.3) is 5.91 Å². The van der Waals surface area contributed by atoms with E-state index in [0.29, 0.717) is 33.4 Å². The van der Waals surface area contributed by atoms with Gasteiger partial charge in [0.15, 0.2) is 5.84 Å². The minimum Gasteiger partial charge on any atom is -0.506 e. The fourth-order valence-electron chi connectivity index (χ4n) is 4.75. The predicted octanol–water partition coefficient (Wildman–Crippen LogP) is 4.87. The van der Waals surface area contributed by atoms with Gasteiger partial charge in [0.05, 0.1) is 11.1 Å². The molecule has 2 aromatic heterocycles. The number of benzene rings is 3. The van der Waals surface area contributed by atoms with E-state index >= 15 is 0 Å². The first-order valence-electron chi connectivity index (χ1n) is 12.5. The maximum atomic E-state index is 13.4. The van der Waals surface area contributed by atoms with Crippen molar-refractivity contribution in [3.05, 3.63) is 121 Å². The predicted molar refractivity (Wildman–Crippen MR) is 152 cm³/mol. The molecule has 40 heavy (non-hydrogen) atoms. The van der Waals surface area contributed by atoms with E-state index in [9.17, 15) is 19.5 Å². The number of carbonyl (C=O) groups is 1. The van der Waals surface area contributed by atoms with Gasteiger partial charge in [0, 0.05) is 17.0 Å². The van der Waals surface area contributed by atoms with E-state index < -0.39 is 17.2 Å². The van der Waals surface area contributed by atoms with Gasteiger partial charge in [-0.15, -0.1) is 0 Å². The molecule has 3 aromatic carbocycles. The highest BCUT2D eigenvalue weighted by atomic mass is 16.4. The van der Waals surface area contributed by atoms with Crippen molar-refractivity contribution < 1.29 is 18.7 Å². The zero-order valence-corrected chi connectivity index (χ0v) is 21.8. The van der Waals surface area contributed by atoms with Crippen LogP contribution in [0, 0.1) is 20.8 Å². The van der Waals surface area contributed by atoms with Crippen molar-refractivity contribution in [2.24, 2.45) is 4.99 Å². The molecule has 1 aliphatic rings. The van der Waals surface area contributed by atoms with E-state index in [0.717, 1.165) is 16.7 Å². The molecule has 6 rings (SSSR count). The van der Waals surface area contributed by atoms with Crippen LogP contribution in [0.1, 0.15) is 27.8 Å². The Morgan fingerprint density at radius 2 is 1.62 bits per heavy atom. The van der Waals surface area contributed by atoms with Gasteiger partial charge in [0.2, 0.25) is 0 Å². The largest absolute Gasteiger partial charge is 0.506 e. The summed E-state index contributed by atoms with van der Waals surface area (Å²) >= 11 is 0. The molecular weight excluding hydrogens is 510 g/mol. The Kier molecular flexibility index (Phi) is 5.84. The SMILES string of the molecule is Cc1ccc2oc(=O)c(/C=C3/N=C(c4ccccc4)N(c4cc5c(C)cc(=O)oc5cc4C)NC3=O)c(O)c2c1. The van der Waals surface area contributed by atoms with Crippen LogP contribution in [0.25, 0.3) is 28.0 Å². The number of hydrogen-bond donors (Lipinski definition) is 2. The first-order chi connectivity index (χ1) is 19.2. The second-order valence-corrected chi connectivity index (χ2v) is 9.64. The Morgan fingerprint density at radius 1 is 0.850 bits per heavy atom. The van der Waals surface area contributed by atoms with Gasteiger partial charge < -0.3 is 13.9 Å². The van der Waals surface area contributed by atoms with Crippen LogP contribution in [0.4, 0.5) is 5.69 Å². The number of hydrazine groups is 1. The monoisotopic (exact) mass is 533 g/mol. The number of amidine groups is 1. The Labute approximate surface area is 227 Å². The number of nitrogens with zero attached hydrogens (tertiary/aromatic N) is 2. The molecule has 2 N–H and O–H groups in total. The van der Waals surface area contributed by atoms with E-state index in [1.165, 1.54) is 12.1 Å². The number of amides is 1. The number of carbonyl (C=O) groups excluding carboxylic acids is 1. The molecule has 5 aromatic rings. The summed E-state index contributed by atoms with van der Waals surface area (Å²) in [4.78, 5) is 42.7. The summed E-state index contributed by atoms with van der Waals surface area (Å²) in [7, 11) is 0. The summed E-state index contributed by atoms with van der Waals surface area (Å²) in [6, 6.07) is 19.3. The lowest BCUT2D eigenvalue weighted by atomic mass is 10.1. The topological polar surface area (TPSA) is 125 Å². The Morgan fingerprint density at radius 3 is 2.40 bits per heavy atom. The number of aryl methyl sites for hydroxylation is 3. The first-order valence-corrected chi connectivity index (χ1v) is 12.5. The van der Waals surface area contributed by atoms with Crippen molar-refractivity contribution >= 4 is 45.4 Å². The zero-order valence-electron chi connectivity index (χ0n) is 21.8. The van der Waals surface area contributed by atoms with E-state index in [2.05, 4.69) is 10.4 Å². The minimum absolute atomic E-state index is 0.0923. The molecule has 1 aliphatic heterocycles. The molecule has 198 valence electrons. The van der Waals surface area contributed by atoms with Crippen LogP contribution in [0.5, 0.6) is 5.75 Å². The van der Waals surface area contributed by atoms with Crippen molar-refractivity contribution in [2.75, 3.05) is 5.01 Å². The molecule has 0 aliphatic carbocycles. The number of aromatic hydroxyl groups is 1. The number of fused-ring (bicyclic) bond motifs is 2. The van der Waals surface area contributed by atoms with Crippen LogP contribution >= 0.6 is 0 Å². The quantitative estimate of drug-likeness (QED) is 0.250. The Bertz CT molecular complexity index is 2040. The smallest absolute Gasteiger partial charge is 0.347 e. The molecule has 3 heterocycles. The van der Waals surface area contributed by atoms with Gasteiger partial charge in [0.1, 0.15) is 28.2 Å². The maximum Gasteiger partial charge on any atom is 0.347 e. The molecule has 9 nitrogen and oxygen atoms in total. The van der Waals surface area contributed by atoms with Crippen molar-refractivity contribution in [1.29, 1.82) is 0 Å². The average molecular weight is 534 g/mol. The molecule has 0 saturated heterocycles. The second-order valence-electron chi connectivity index (χ2n) is 9.64. The number of anilines is 1. The van der Waals surface area contributed by atoms with Gasteiger partial charge in [-0.2, -0.15) is 0 Å². The standard InChI is InChI=1S/C31H23N3O6/c1-16-9-10-25-21(11-16)28(36)22(31(38)40-25)14-23-30(37)33-34(29(32-23)19-7-5-4-6-8-19)24-15-20-17(2)13-27(35)39-26(20)12-18(24)3/h4-15,36H,1-3H3,(H,33,37)/b23-14+. The van der Waals surface area contributed by atoms with Crippen molar-refractivity contribution in [3.63, 3.8) is 0 Å². The van der Waals surface area contributed by atoms with Crippen LogP contribution in [0.2, 0.25) is 0 Å². The zero-order chi connectivity index (χ0) is 28.1. The molecule has 9 heteroatoms. The van der Waals surface area contributed by atoms with Gasteiger partial charge >= 0.3 is 11.3 Å². The lowest BCUT2D eigenvalue weighted by molar-refractivity contribution is -0.117. The molecule has 0 saturated carbocycles. The van der Waals surface area contributed by atoms with Gasteiger partial charge in [-0.1, -0.05) is 42.0 Å². The number of nitrogens with one attached hydrogen (secondary N) is 1. The van der Waals surface area contributed by atoms with E-state index in [-0.39, 0.29) is 22.6 Å². The van der Waals surface area contributed by atoms with Gasteiger partial charge in [-0.05, 0) is 62.2 Å². The van der Waals surface area contributed by atoms with E-state index in [4.69, 9.17) is 8.83 Å². The van der Waals surface area contributed by atoms with Crippen molar-refractivity contribution in [1.82, 2.24) is 5.43 Å². The third-order valence-electron chi connectivity index (χ3n) is 6.77. The molecule has 0 bridgehead atoms. The van der Waals surface area contributed by atoms with E-state index in [1.807, 2.05) is 57.2 Å². The summed E-state index contributed by atoms with van der Waals surface area (Å²) in [5.41, 5.74) is 5.64. The van der Waals surface area contributed by atoms with Crippen LogP contribution in [-0.2, 0) is 4.79 Å². The highest BCUT2D eigenvalue weighted by molar-refractivity contribution is 6.18. The Balaban J connectivity index is 1.55.